The van der Waals surface area contributed by atoms with Gasteiger partial charge in [0, 0.05) is 78.2 Å². The number of amides is 1. The number of H-pyrrole nitrogens is 1. The predicted molar refractivity (Wildman–Crippen MR) is 336 cm³/mol. The van der Waals surface area contributed by atoms with Crippen molar-refractivity contribution in [1.29, 1.82) is 0 Å². The van der Waals surface area contributed by atoms with Gasteiger partial charge in [0.15, 0.2) is 11.4 Å². The van der Waals surface area contributed by atoms with Gasteiger partial charge >= 0.3 is 23.5 Å². The van der Waals surface area contributed by atoms with Crippen LogP contribution in [0, 0.1) is 11.8 Å². The number of nitrogens with two attached hydrogens (primary N) is 1. The number of hydrogen-bond acceptors (Lipinski definition) is 18. The Balaban J connectivity index is 0.938. The Kier molecular flexibility index (Phi) is 20.0. The fourth-order valence-electron chi connectivity index (χ4n) is 11.7. The highest BCUT2D eigenvalue weighted by Crippen LogP contribution is 2.66. The number of phosphoric acid groups is 3. The van der Waals surface area contributed by atoms with Crippen molar-refractivity contribution in [1.82, 2.24) is 19.9 Å². The SMILES string of the molecule is CCN1c2cc3c(cc2C(C)=CC1(C)C)C(=CC=CC=CC1=[N+](CCCS(=O)(=O)O)c2ccc(S(=O)(=O)O)cc2C1(C)CCCC(=O)NCC#Cc1cn([C@H]2C[C@H](O)[C@@H](COP(=O)(O)OP(=O)(O)OP(=O)(O)O)O2)c2nc(N)[nH]c(=O)c12)C=C(c1ccccc1)O3. The molecular formula is C58H67N7O21P3S2+. The summed E-state index contributed by atoms with van der Waals surface area (Å²) in [5, 5.41) is 13.4. The minimum absolute atomic E-state index is 0.0369. The molecular weight excluding hydrogens is 1290 g/mol. The van der Waals surface area contributed by atoms with Gasteiger partial charge in [0.25, 0.3) is 25.8 Å². The van der Waals surface area contributed by atoms with Crippen LogP contribution in [-0.2, 0) is 62.0 Å². The molecule has 1 fully saturated rings. The van der Waals surface area contributed by atoms with Crippen LogP contribution in [0.5, 0.6) is 5.75 Å². The highest BCUT2D eigenvalue weighted by molar-refractivity contribution is 7.86. The maximum absolute atomic E-state index is 13.5. The molecule has 0 spiro atoms. The second-order valence-electron chi connectivity index (χ2n) is 22.4. The zero-order chi connectivity index (χ0) is 66.2. The van der Waals surface area contributed by atoms with E-state index in [-0.39, 0.29) is 73.3 Å². The fourth-order valence-corrected chi connectivity index (χ4v) is 15.7. The lowest BCUT2D eigenvalue weighted by Gasteiger charge is -2.43. The van der Waals surface area contributed by atoms with Crippen molar-refractivity contribution in [2.45, 2.75) is 101 Å². The van der Waals surface area contributed by atoms with Gasteiger partial charge in [-0.2, -0.15) is 35.0 Å². The number of hydrogen-bond donors (Lipinski definition) is 10. The average Bonchev–Trinajstić information content (AvgIpc) is 1.73. The summed E-state index contributed by atoms with van der Waals surface area (Å²) in [6, 6.07) is 18.1. The third kappa shape index (κ3) is 16.1. The normalized spacial score (nSPS) is 21.6. The number of fused-ring (bicyclic) bond motifs is 4. The van der Waals surface area contributed by atoms with Crippen molar-refractivity contribution in [3.63, 3.8) is 0 Å². The summed E-state index contributed by atoms with van der Waals surface area (Å²) >= 11 is 0. The number of benzene rings is 3. The first-order valence-electron chi connectivity index (χ1n) is 28.2. The fraction of sp³-hybridized carbons (Fsp3) is 0.345. The first-order chi connectivity index (χ1) is 42.5. The predicted octanol–water partition coefficient (Wildman–Crippen LogP) is 7.17. The Hall–Kier alpha value is -6.97. The quantitative estimate of drug-likeness (QED) is 0.0102. The molecule has 91 heavy (non-hydrogen) atoms. The number of rotatable bonds is 23. The zero-order valence-corrected chi connectivity index (χ0v) is 53.9. The van der Waals surface area contributed by atoms with E-state index >= 15 is 0 Å². The Morgan fingerprint density at radius 1 is 0.978 bits per heavy atom. The highest BCUT2D eigenvalue weighted by Gasteiger charge is 2.48. The number of anilines is 2. The Morgan fingerprint density at radius 2 is 1.71 bits per heavy atom. The van der Waals surface area contributed by atoms with E-state index in [0.29, 0.717) is 28.5 Å². The molecule has 3 aromatic carbocycles. The van der Waals surface area contributed by atoms with Crippen molar-refractivity contribution in [2.75, 3.05) is 42.6 Å². The Bertz CT molecular complexity index is 4450. The summed E-state index contributed by atoms with van der Waals surface area (Å²) in [4.78, 5) is 72.4. The van der Waals surface area contributed by atoms with E-state index in [1.54, 1.807) is 6.08 Å². The van der Waals surface area contributed by atoms with E-state index in [1.165, 1.54) is 29.0 Å². The van der Waals surface area contributed by atoms with Crippen LogP contribution in [-0.4, -0.2) is 131 Å². The molecule has 2 aromatic heterocycles. The van der Waals surface area contributed by atoms with Crippen molar-refractivity contribution >= 4 is 101 Å². The van der Waals surface area contributed by atoms with Crippen LogP contribution in [0.2, 0.25) is 0 Å². The van der Waals surface area contributed by atoms with Gasteiger partial charge in [0.05, 0.1) is 51.8 Å². The smallest absolute Gasteiger partial charge is 0.456 e. The number of aliphatic hydroxyl groups is 1. The van der Waals surface area contributed by atoms with E-state index < -0.39 is 96.3 Å². The van der Waals surface area contributed by atoms with Gasteiger partial charge in [-0.15, -0.1) is 0 Å². The molecule has 4 aliphatic heterocycles. The van der Waals surface area contributed by atoms with E-state index in [0.717, 1.165) is 40.1 Å². The van der Waals surface area contributed by atoms with Crippen LogP contribution in [0.4, 0.5) is 17.3 Å². The molecule has 3 unspecified atom stereocenters. The van der Waals surface area contributed by atoms with Crippen molar-refractivity contribution in [3.05, 3.63) is 148 Å². The number of ether oxygens (including phenoxy) is 2. The molecule has 33 heteroatoms. The van der Waals surface area contributed by atoms with E-state index in [9.17, 15) is 64.1 Å². The molecule has 0 aliphatic carbocycles. The molecule has 0 radical (unpaired) electrons. The standard InChI is InChI=1S/C58H66N7O21P3S2/c1-6-65-45-31-48-42(30-41(45)36(2)33-57(65,3)4)38(28-47(83-48)37-16-9-7-10-17-37)18-11-8-12-20-50-58(5,43-29-40(91(79,80)81)22-23-44(43)63(50)26-15-27-90(76,77)78)24-13-21-51(67)60-25-14-19-39-34-64(54-53(39)55(68)62-56(59)61-54)52-32-46(66)49(84-52)35-82-88(72,73)86-89(74,75)85-87(69,70)71/h7-12,16-18,20,22-23,28-31,33-34,46,49,52,66H,6,13,15,21,24-27,32,35H2,1-5H3,(H9-,59,60,61,62,67,68,69,70,71,72,73,74,75,76,77,78,79,80,81)/p+1/t46-,49+,52+,58?/m0/s1. The van der Waals surface area contributed by atoms with Crippen LogP contribution in [0.1, 0.15) is 101 Å². The number of aromatic nitrogens is 3. The summed E-state index contributed by atoms with van der Waals surface area (Å²) in [6.07, 6.45) is 10.8. The second kappa shape index (κ2) is 26.6. The molecule has 11 N–H and O–H groups in total. The summed E-state index contributed by atoms with van der Waals surface area (Å²) in [5.74, 6) is 5.58. The van der Waals surface area contributed by atoms with Gasteiger partial charge in [0.1, 0.15) is 30.4 Å². The topological polar surface area (TPSA) is 419 Å². The van der Waals surface area contributed by atoms with Gasteiger partial charge in [-0.25, -0.2) is 13.7 Å². The molecule has 6 heterocycles. The van der Waals surface area contributed by atoms with Gasteiger partial charge in [-0.3, -0.25) is 28.2 Å². The largest absolute Gasteiger partial charge is 0.490 e. The van der Waals surface area contributed by atoms with Crippen molar-refractivity contribution in [2.24, 2.45) is 0 Å². The maximum atomic E-state index is 13.5. The number of allylic oxidation sites excluding steroid dienone is 8. The van der Waals surface area contributed by atoms with Crippen LogP contribution in [0.15, 0.2) is 119 Å². The lowest BCUT2D eigenvalue weighted by Crippen LogP contribution is -2.44. The van der Waals surface area contributed by atoms with E-state index in [2.05, 4.69) is 91.1 Å². The molecule has 6 atom stereocenters. The van der Waals surface area contributed by atoms with Crippen molar-refractivity contribution < 1.29 is 96.3 Å². The lowest BCUT2D eigenvalue weighted by molar-refractivity contribution is -0.437. The zero-order valence-electron chi connectivity index (χ0n) is 49.6. The van der Waals surface area contributed by atoms with Crippen LogP contribution in [0.3, 0.4) is 0 Å². The lowest BCUT2D eigenvalue weighted by atomic mass is 9.75. The van der Waals surface area contributed by atoms with Gasteiger partial charge in [-0.1, -0.05) is 72.6 Å². The number of carbonyl (C=O) groups excluding carboxylic acids is 1. The summed E-state index contributed by atoms with van der Waals surface area (Å²) in [6.45, 7) is 10.0. The number of nitrogens with one attached hydrogen (secondary N) is 2. The summed E-state index contributed by atoms with van der Waals surface area (Å²) in [5.41, 5.74) is 11.3. The molecule has 4 aliphatic rings. The molecule has 0 bridgehead atoms. The van der Waals surface area contributed by atoms with Crippen LogP contribution < -0.4 is 26.2 Å². The number of nitrogens with zero attached hydrogens (tertiary/aromatic N) is 4. The van der Waals surface area contributed by atoms with Crippen LogP contribution >= 0.6 is 23.5 Å². The number of aliphatic hydroxyl groups excluding tert-OH is 1. The van der Waals surface area contributed by atoms with E-state index in [1.807, 2.05) is 72.2 Å². The molecule has 486 valence electrons. The molecule has 9 rings (SSSR count). The molecule has 5 aromatic rings. The Morgan fingerprint density at radius 3 is 2.41 bits per heavy atom. The number of likely N-dealkylation sites (N-methyl/N-ethyl adjacent to an activating group) is 1. The number of phosphoric ester groups is 1. The first kappa shape index (κ1) is 68.4. The number of aromatic amines is 1. The molecule has 0 saturated carbocycles. The van der Waals surface area contributed by atoms with Gasteiger partial charge < -0.3 is 54.7 Å². The number of nitrogen functional groups attached to an aromatic ring is 1. The van der Waals surface area contributed by atoms with E-state index in [4.69, 9.17) is 25.0 Å². The van der Waals surface area contributed by atoms with Gasteiger partial charge in [0.2, 0.25) is 17.5 Å². The second-order valence-corrected chi connectivity index (χ2v) is 29.9. The monoisotopic (exact) mass is 1350 g/mol. The third-order valence-electron chi connectivity index (χ3n) is 15.5. The average molecular weight is 1360 g/mol. The summed E-state index contributed by atoms with van der Waals surface area (Å²) < 4.78 is 132. The Labute approximate surface area is 523 Å². The number of carbonyl (C=O) groups is 1. The summed E-state index contributed by atoms with van der Waals surface area (Å²) in [7, 11) is -26.2. The minimum Gasteiger partial charge on any atom is -0.456 e. The molecule has 28 nitrogen and oxygen atoms in total. The minimum atomic E-state index is -5.84. The molecule has 1 saturated heterocycles. The maximum Gasteiger partial charge on any atom is 0.490 e. The molecule has 1 amide bonds. The van der Waals surface area contributed by atoms with Crippen molar-refractivity contribution in [3.8, 4) is 17.6 Å². The van der Waals surface area contributed by atoms with Crippen LogP contribution in [0.25, 0.3) is 27.9 Å². The third-order valence-corrected chi connectivity index (χ3v) is 21.0. The first-order valence-corrected chi connectivity index (χ1v) is 35.8. The van der Waals surface area contributed by atoms with Gasteiger partial charge in [-0.05, 0) is 82.9 Å². The highest BCUT2D eigenvalue weighted by atomic mass is 32.2.